The van der Waals surface area contributed by atoms with Gasteiger partial charge in [-0.1, -0.05) is 31.4 Å². The summed E-state index contributed by atoms with van der Waals surface area (Å²) in [7, 11) is 0. The molecule has 0 unspecified atom stereocenters. The summed E-state index contributed by atoms with van der Waals surface area (Å²) in [6.45, 7) is 0.708. The van der Waals surface area contributed by atoms with Gasteiger partial charge in [0.15, 0.2) is 0 Å². The summed E-state index contributed by atoms with van der Waals surface area (Å²) in [6.07, 6.45) is 8.18. The van der Waals surface area contributed by atoms with Gasteiger partial charge in [-0.3, -0.25) is 9.78 Å². The Hall–Kier alpha value is -2.43. The minimum atomic E-state index is -0.223. The number of nitrogens with zero attached hydrogens (tertiary/aromatic N) is 1. The maximum absolute atomic E-state index is 12.9. The Labute approximate surface area is 147 Å². The monoisotopic (exact) mass is 341 g/mol. The van der Waals surface area contributed by atoms with Crippen LogP contribution in [0.3, 0.4) is 0 Å². The van der Waals surface area contributed by atoms with Gasteiger partial charge in [-0.05, 0) is 49.1 Å². The van der Waals surface area contributed by atoms with E-state index in [0.717, 1.165) is 30.5 Å². The molecular weight excluding hydrogens is 317 g/mol. The molecule has 1 aliphatic carbocycles. The molecule has 1 amide bonds. The zero-order valence-corrected chi connectivity index (χ0v) is 14.3. The predicted octanol–water partition coefficient (Wildman–Crippen LogP) is 3.94. The fourth-order valence-electron chi connectivity index (χ4n) is 3.17. The number of hydrogen-bond donors (Lipinski definition) is 2. The molecule has 5 heteroatoms. The quantitative estimate of drug-likeness (QED) is 0.837. The summed E-state index contributed by atoms with van der Waals surface area (Å²) in [5.41, 5.74) is 2.38. The van der Waals surface area contributed by atoms with Gasteiger partial charge >= 0.3 is 0 Å². The highest BCUT2D eigenvalue weighted by atomic mass is 19.1. The van der Waals surface area contributed by atoms with Crippen molar-refractivity contribution in [2.75, 3.05) is 11.9 Å². The third-order valence-electron chi connectivity index (χ3n) is 4.59. The van der Waals surface area contributed by atoms with Crippen molar-refractivity contribution in [3.63, 3.8) is 0 Å². The lowest BCUT2D eigenvalue weighted by Crippen LogP contribution is -2.36. The Morgan fingerprint density at radius 1 is 1.12 bits per heavy atom. The lowest BCUT2D eigenvalue weighted by Gasteiger charge is -2.22. The highest BCUT2D eigenvalue weighted by molar-refractivity contribution is 5.93. The number of carbonyl (C=O) groups excluding carboxylic acids is 1. The first kappa shape index (κ1) is 17.4. The molecule has 2 N–H and O–H groups in total. The van der Waals surface area contributed by atoms with Gasteiger partial charge in [0, 0.05) is 24.5 Å². The molecular formula is C20H24FN3O. The molecule has 1 aromatic heterocycles. The Morgan fingerprint density at radius 3 is 2.64 bits per heavy atom. The van der Waals surface area contributed by atoms with E-state index in [9.17, 15) is 9.18 Å². The van der Waals surface area contributed by atoms with E-state index in [1.54, 1.807) is 24.4 Å². The third kappa shape index (κ3) is 5.28. The zero-order chi connectivity index (χ0) is 17.5. The summed E-state index contributed by atoms with van der Waals surface area (Å²) in [5.74, 6) is -0.325. The second kappa shape index (κ2) is 8.60. The molecule has 0 radical (unpaired) electrons. The molecule has 132 valence electrons. The first-order valence-corrected chi connectivity index (χ1v) is 8.96. The Morgan fingerprint density at radius 2 is 1.88 bits per heavy atom. The van der Waals surface area contributed by atoms with Crippen molar-refractivity contribution >= 4 is 11.6 Å². The molecule has 1 saturated carbocycles. The van der Waals surface area contributed by atoms with Crippen LogP contribution in [0.4, 0.5) is 10.1 Å². The summed E-state index contributed by atoms with van der Waals surface area (Å²) in [4.78, 5) is 16.5. The lowest BCUT2D eigenvalue weighted by molar-refractivity contribution is 0.0922. The van der Waals surface area contributed by atoms with Gasteiger partial charge in [0.1, 0.15) is 11.5 Å². The Balaban J connectivity index is 1.51. The molecule has 0 atom stereocenters. The average molecular weight is 341 g/mol. The van der Waals surface area contributed by atoms with E-state index in [0.29, 0.717) is 12.2 Å². The average Bonchev–Trinajstić information content (AvgIpc) is 2.64. The molecule has 1 fully saturated rings. The largest absolute Gasteiger partial charge is 0.385 e. The number of halogens is 1. The van der Waals surface area contributed by atoms with Crippen LogP contribution in [0.25, 0.3) is 0 Å². The fraction of sp³-hybridized carbons (Fsp3) is 0.400. The summed E-state index contributed by atoms with van der Waals surface area (Å²) in [5, 5.41) is 6.38. The van der Waals surface area contributed by atoms with E-state index < -0.39 is 0 Å². The van der Waals surface area contributed by atoms with Crippen LogP contribution in [0.5, 0.6) is 0 Å². The van der Waals surface area contributed by atoms with Crippen LogP contribution in [0.1, 0.15) is 48.2 Å². The molecule has 4 nitrogen and oxygen atoms in total. The molecule has 1 aromatic carbocycles. The van der Waals surface area contributed by atoms with Crippen molar-refractivity contribution in [3.8, 4) is 0 Å². The predicted molar refractivity (Wildman–Crippen MR) is 97.2 cm³/mol. The maximum Gasteiger partial charge on any atom is 0.270 e. The van der Waals surface area contributed by atoms with Crippen molar-refractivity contribution in [1.29, 1.82) is 0 Å². The van der Waals surface area contributed by atoms with E-state index in [4.69, 9.17) is 0 Å². The second-order valence-electron chi connectivity index (χ2n) is 6.54. The van der Waals surface area contributed by atoms with Crippen LogP contribution in [-0.4, -0.2) is 23.5 Å². The molecule has 0 spiro atoms. The Kier molecular flexibility index (Phi) is 5.99. The first-order valence-electron chi connectivity index (χ1n) is 8.96. The number of rotatable bonds is 6. The highest BCUT2D eigenvalue weighted by Gasteiger charge is 2.17. The number of amides is 1. The van der Waals surface area contributed by atoms with Crippen LogP contribution in [0, 0.1) is 5.82 Å². The van der Waals surface area contributed by atoms with Gasteiger partial charge in [0.05, 0.1) is 0 Å². The smallest absolute Gasteiger partial charge is 0.270 e. The van der Waals surface area contributed by atoms with E-state index in [2.05, 4.69) is 15.6 Å². The number of pyridine rings is 1. The molecule has 0 aliphatic heterocycles. The number of hydrogen-bond acceptors (Lipinski definition) is 3. The highest BCUT2D eigenvalue weighted by Crippen LogP contribution is 2.18. The first-order chi connectivity index (χ1) is 12.2. The van der Waals surface area contributed by atoms with E-state index in [1.807, 2.05) is 6.07 Å². The summed E-state index contributed by atoms with van der Waals surface area (Å²) >= 11 is 0. The SMILES string of the molecule is O=C(NC1CCCCC1)c1cc(NCCc2ccc(F)cc2)ccn1. The van der Waals surface area contributed by atoms with Gasteiger partial charge in [0.25, 0.3) is 5.91 Å². The molecule has 2 aromatic rings. The molecule has 0 bridgehead atoms. The normalized spacial score (nSPS) is 14.9. The van der Waals surface area contributed by atoms with Crippen LogP contribution in [-0.2, 0) is 6.42 Å². The number of nitrogens with one attached hydrogen (secondary N) is 2. The van der Waals surface area contributed by atoms with Crippen LogP contribution >= 0.6 is 0 Å². The van der Waals surface area contributed by atoms with Gasteiger partial charge in [-0.2, -0.15) is 0 Å². The molecule has 3 rings (SSSR count). The van der Waals surface area contributed by atoms with E-state index >= 15 is 0 Å². The van der Waals surface area contributed by atoms with Crippen LogP contribution < -0.4 is 10.6 Å². The lowest BCUT2D eigenvalue weighted by atomic mass is 9.95. The summed E-state index contributed by atoms with van der Waals surface area (Å²) in [6, 6.07) is 10.4. The van der Waals surface area contributed by atoms with Crippen molar-refractivity contribution in [1.82, 2.24) is 10.3 Å². The fourth-order valence-corrected chi connectivity index (χ4v) is 3.17. The number of benzene rings is 1. The van der Waals surface area contributed by atoms with Crippen molar-refractivity contribution < 1.29 is 9.18 Å². The number of aromatic nitrogens is 1. The molecule has 0 saturated heterocycles. The van der Waals surface area contributed by atoms with E-state index in [1.165, 1.54) is 31.4 Å². The van der Waals surface area contributed by atoms with Crippen molar-refractivity contribution in [3.05, 3.63) is 59.7 Å². The molecule has 1 heterocycles. The Bertz CT molecular complexity index is 696. The van der Waals surface area contributed by atoms with Gasteiger partial charge in [-0.25, -0.2) is 4.39 Å². The zero-order valence-electron chi connectivity index (χ0n) is 14.3. The van der Waals surface area contributed by atoms with Crippen molar-refractivity contribution in [2.24, 2.45) is 0 Å². The van der Waals surface area contributed by atoms with Crippen LogP contribution in [0.15, 0.2) is 42.6 Å². The van der Waals surface area contributed by atoms with Gasteiger partial charge in [-0.15, -0.1) is 0 Å². The second-order valence-corrected chi connectivity index (χ2v) is 6.54. The third-order valence-corrected chi connectivity index (χ3v) is 4.59. The minimum absolute atomic E-state index is 0.103. The topological polar surface area (TPSA) is 54.0 Å². The standard InChI is InChI=1S/C20H24FN3O/c21-16-8-6-15(7-9-16)10-12-22-18-11-13-23-19(14-18)20(25)24-17-4-2-1-3-5-17/h6-9,11,13-14,17H,1-5,10,12H2,(H,22,23)(H,24,25). The van der Waals surface area contributed by atoms with Crippen molar-refractivity contribution in [2.45, 2.75) is 44.6 Å². The molecule has 25 heavy (non-hydrogen) atoms. The minimum Gasteiger partial charge on any atom is -0.385 e. The maximum atomic E-state index is 12.9. The van der Waals surface area contributed by atoms with Gasteiger partial charge in [0.2, 0.25) is 0 Å². The number of anilines is 1. The summed E-state index contributed by atoms with van der Waals surface area (Å²) < 4.78 is 12.9. The molecule has 1 aliphatic rings. The van der Waals surface area contributed by atoms with Crippen LogP contribution in [0.2, 0.25) is 0 Å². The van der Waals surface area contributed by atoms with E-state index in [-0.39, 0.29) is 17.8 Å². The number of carbonyl (C=O) groups is 1. The van der Waals surface area contributed by atoms with Gasteiger partial charge < -0.3 is 10.6 Å².